The lowest BCUT2D eigenvalue weighted by Gasteiger charge is -2.16. The van der Waals surface area contributed by atoms with Gasteiger partial charge in [-0.05, 0) is 43.5 Å². The lowest BCUT2D eigenvalue weighted by atomic mass is 10.1. The largest absolute Gasteiger partial charge is 0.496 e. The maximum absolute atomic E-state index is 13.4. The number of benzene rings is 1. The van der Waals surface area contributed by atoms with Crippen molar-refractivity contribution in [3.05, 3.63) is 47.5 Å². The number of pyridine rings is 1. The third kappa shape index (κ3) is 2.93. The van der Waals surface area contributed by atoms with Crippen LogP contribution in [0.15, 0.2) is 35.6 Å². The monoisotopic (exact) mass is 359 g/mol. The molecule has 7 heteroatoms. The van der Waals surface area contributed by atoms with Gasteiger partial charge in [-0.2, -0.15) is 0 Å². The average Bonchev–Trinajstić information content (AvgIpc) is 2.92. The van der Waals surface area contributed by atoms with Gasteiger partial charge >= 0.3 is 0 Å². The highest BCUT2D eigenvalue weighted by Crippen LogP contribution is 2.37. The minimum Gasteiger partial charge on any atom is -0.496 e. The van der Waals surface area contributed by atoms with Crippen LogP contribution in [0.1, 0.15) is 35.8 Å². The van der Waals surface area contributed by atoms with E-state index in [1.54, 1.807) is 19.4 Å². The minimum atomic E-state index is -1.40. The maximum atomic E-state index is 13.4. The first-order valence-corrected chi connectivity index (χ1v) is 9.46. The number of halogens is 1. The number of H-pyrrole nitrogens is 1. The summed E-state index contributed by atoms with van der Waals surface area (Å²) in [6.07, 6.45) is 5.30. The van der Waals surface area contributed by atoms with Crippen molar-refractivity contribution in [2.24, 2.45) is 0 Å². The van der Waals surface area contributed by atoms with E-state index >= 15 is 0 Å². The Bertz CT molecular complexity index is 957. The van der Waals surface area contributed by atoms with Crippen LogP contribution >= 0.6 is 0 Å². The van der Waals surface area contributed by atoms with Crippen LogP contribution in [0.5, 0.6) is 5.75 Å². The van der Waals surface area contributed by atoms with Gasteiger partial charge in [-0.15, -0.1) is 0 Å². The molecular formula is C18H18FN3O2S. The molecule has 2 aromatic heterocycles. The molecule has 0 unspecified atom stereocenters. The van der Waals surface area contributed by atoms with Crippen LogP contribution in [-0.4, -0.2) is 26.3 Å². The fourth-order valence-corrected chi connectivity index (χ4v) is 4.83. The quantitative estimate of drug-likeness (QED) is 0.725. The molecule has 4 rings (SSSR count). The number of nitrogens with one attached hydrogen (secondary N) is 1. The standard InChI is InChI=1S/C18H18FN3O2S/c1-24-15-8-9-20-17-12(15)4-2-3-5-16(17)25(23)18-21-13-7-6-11(19)10-14(13)22-18/h6-10,16H,2-5H2,1H3,(H,21,22)/t16-,25-/m0/s1. The van der Waals surface area contributed by atoms with Gasteiger partial charge in [0.2, 0.25) is 0 Å². The van der Waals surface area contributed by atoms with Crippen molar-refractivity contribution in [2.75, 3.05) is 7.11 Å². The van der Waals surface area contributed by atoms with Crippen LogP contribution in [0.4, 0.5) is 4.39 Å². The predicted molar refractivity (Wildman–Crippen MR) is 93.5 cm³/mol. The summed E-state index contributed by atoms with van der Waals surface area (Å²) in [5.41, 5.74) is 3.01. The molecule has 0 amide bonds. The summed E-state index contributed by atoms with van der Waals surface area (Å²) in [4.78, 5) is 11.9. The van der Waals surface area contributed by atoms with Gasteiger partial charge in [0.25, 0.3) is 0 Å². The number of ether oxygens (including phenoxy) is 1. The Hall–Kier alpha value is -2.28. The van der Waals surface area contributed by atoms with Crippen LogP contribution in [-0.2, 0) is 17.2 Å². The van der Waals surface area contributed by atoms with E-state index in [4.69, 9.17) is 4.74 Å². The van der Waals surface area contributed by atoms with Gasteiger partial charge in [-0.25, -0.2) is 9.37 Å². The van der Waals surface area contributed by atoms with Crippen molar-refractivity contribution in [3.63, 3.8) is 0 Å². The molecule has 1 aliphatic carbocycles. The van der Waals surface area contributed by atoms with Crippen molar-refractivity contribution in [2.45, 2.75) is 36.1 Å². The van der Waals surface area contributed by atoms with Gasteiger partial charge in [-0.1, -0.05) is 6.42 Å². The van der Waals surface area contributed by atoms with E-state index in [1.807, 2.05) is 6.07 Å². The van der Waals surface area contributed by atoms with Crippen LogP contribution in [0.25, 0.3) is 11.0 Å². The van der Waals surface area contributed by atoms with Crippen LogP contribution in [0.3, 0.4) is 0 Å². The highest BCUT2D eigenvalue weighted by molar-refractivity contribution is 7.85. The zero-order valence-electron chi connectivity index (χ0n) is 13.8. The summed E-state index contributed by atoms with van der Waals surface area (Å²) in [6.45, 7) is 0. The number of methoxy groups -OCH3 is 1. The van der Waals surface area contributed by atoms with E-state index in [2.05, 4.69) is 15.0 Å². The molecule has 0 fully saturated rings. The number of fused-ring (bicyclic) bond motifs is 2. The molecule has 0 radical (unpaired) electrons. The summed E-state index contributed by atoms with van der Waals surface area (Å²) in [7, 11) is 0.240. The summed E-state index contributed by atoms with van der Waals surface area (Å²) >= 11 is 0. The van der Waals surface area contributed by atoms with Crippen molar-refractivity contribution in [1.82, 2.24) is 15.0 Å². The Morgan fingerprint density at radius 3 is 3.04 bits per heavy atom. The van der Waals surface area contributed by atoms with Gasteiger partial charge < -0.3 is 9.72 Å². The van der Waals surface area contributed by atoms with Crippen molar-refractivity contribution < 1.29 is 13.3 Å². The van der Waals surface area contributed by atoms with Crippen molar-refractivity contribution in [1.29, 1.82) is 0 Å². The molecule has 1 aliphatic rings. The minimum absolute atomic E-state index is 0.252. The van der Waals surface area contributed by atoms with Gasteiger partial charge in [-0.3, -0.25) is 9.19 Å². The van der Waals surface area contributed by atoms with Gasteiger partial charge in [0.15, 0.2) is 5.16 Å². The lowest BCUT2D eigenvalue weighted by Crippen LogP contribution is -2.11. The van der Waals surface area contributed by atoms with E-state index < -0.39 is 10.8 Å². The molecule has 0 saturated carbocycles. The number of hydrogen-bond acceptors (Lipinski definition) is 4. The molecule has 3 aromatic rings. The first-order valence-electron chi connectivity index (χ1n) is 8.25. The fraction of sp³-hybridized carbons (Fsp3) is 0.333. The molecule has 1 aromatic carbocycles. The first-order chi connectivity index (χ1) is 12.2. The van der Waals surface area contributed by atoms with E-state index in [9.17, 15) is 8.60 Å². The van der Waals surface area contributed by atoms with Gasteiger partial charge in [0.05, 0.1) is 39.9 Å². The number of aromatic amines is 1. The Labute approximate surface area is 147 Å². The van der Waals surface area contributed by atoms with Gasteiger partial charge in [0.1, 0.15) is 11.6 Å². The SMILES string of the molecule is COc1ccnc2c1CCCC[C@@H]2[S@](=O)c1nc2ccc(F)cc2[nH]1. The second kappa shape index (κ2) is 6.55. The Balaban J connectivity index is 1.76. The molecular weight excluding hydrogens is 341 g/mol. The molecule has 1 N–H and O–H groups in total. The predicted octanol–water partition coefficient (Wildman–Crippen LogP) is 3.68. The maximum Gasteiger partial charge on any atom is 0.198 e. The Kier molecular flexibility index (Phi) is 4.25. The molecule has 2 heterocycles. The zero-order valence-corrected chi connectivity index (χ0v) is 14.6. The average molecular weight is 359 g/mol. The van der Waals surface area contributed by atoms with Crippen LogP contribution in [0, 0.1) is 5.82 Å². The van der Waals surface area contributed by atoms with E-state index in [1.165, 1.54) is 12.1 Å². The molecule has 0 spiro atoms. The Morgan fingerprint density at radius 2 is 2.20 bits per heavy atom. The summed E-state index contributed by atoms with van der Waals surface area (Å²) in [6, 6.07) is 6.15. The number of rotatable bonds is 3. The summed E-state index contributed by atoms with van der Waals surface area (Å²) in [5, 5.41) is 0.112. The molecule has 5 nitrogen and oxygen atoms in total. The molecule has 0 bridgehead atoms. The smallest absolute Gasteiger partial charge is 0.198 e. The number of aromatic nitrogens is 3. The molecule has 130 valence electrons. The van der Waals surface area contributed by atoms with E-state index in [0.717, 1.165) is 42.7 Å². The second-order valence-electron chi connectivity index (χ2n) is 6.11. The third-order valence-corrected chi connectivity index (χ3v) is 6.14. The van der Waals surface area contributed by atoms with Crippen molar-refractivity contribution >= 4 is 21.8 Å². The van der Waals surface area contributed by atoms with E-state index in [0.29, 0.717) is 16.2 Å². The van der Waals surface area contributed by atoms with E-state index in [-0.39, 0.29) is 11.1 Å². The zero-order chi connectivity index (χ0) is 17.4. The van der Waals surface area contributed by atoms with Gasteiger partial charge in [0, 0.05) is 11.8 Å². The number of nitrogens with zero attached hydrogens (tertiary/aromatic N) is 2. The molecule has 25 heavy (non-hydrogen) atoms. The second-order valence-corrected chi connectivity index (χ2v) is 7.66. The molecule has 0 saturated heterocycles. The molecule has 2 atom stereocenters. The summed E-state index contributed by atoms with van der Waals surface area (Å²) < 4.78 is 32.1. The number of hydrogen-bond donors (Lipinski definition) is 1. The number of imidazole rings is 1. The van der Waals surface area contributed by atoms with Crippen molar-refractivity contribution in [3.8, 4) is 5.75 Å². The summed E-state index contributed by atoms with van der Waals surface area (Å²) in [5.74, 6) is 0.445. The van der Waals surface area contributed by atoms with Crippen LogP contribution in [0.2, 0.25) is 0 Å². The third-order valence-electron chi connectivity index (χ3n) is 4.59. The highest BCUT2D eigenvalue weighted by Gasteiger charge is 2.29. The first kappa shape index (κ1) is 16.2. The Morgan fingerprint density at radius 1 is 1.32 bits per heavy atom. The van der Waals surface area contributed by atoms with Crippen LogP contribution < -0.4 is 4.74 Å². The topological polar surface area (TPSA) is 67.9 Å². The normalized spacial score (nSPS) is 18.6. The fourth-order valence-electron chi connectivity index (χ4n) is 3.38. The molecule has 0 aliphatic heterocycles. The lowest BCUT2D eigenvalue weighted by molar-refractivity contribution is 0.408. The highest BCUT2D eigenvalue weighted by atomic mass is 32.2.